The molecule has 0 fully saturated rings. The van der Waals surface area contributed by atoms with Gasteiger partial charge in [0.05, 0.1) is 5.69 Å². The molecule has 1 heterocycles. The van der Waals surface area contributed by atoms with Crippen LogP contribution in [0.15, 0.2) is 6.07 Å². The molecular weight excluding hydrogens is 220 g/mol. The lowest BCUT2D eigenvalue weighted by Gasteiger charge is -2.22. The van der Waals surface area contributed by atoms with E-state index in [0.717, 1.165) is 11.4 Å². The number of hydrogen-bond acceptors (Lipinski definition) is 4. The highest BCUT2D eigenvalue weighted by Gasteiger charge is 2.21. The molecule has 0 aliphatic carbocycles. The molecule has 0 radical (unpaired) electrons. The zero-order chi connectivity index (χ0) is 12.8. The molecule has 0 aromatic carbocycles. The third-order valence-electron chi connectivity index (χ3n) is 2.49. The number of rotatable bonds is 7. The van der Waals surface area contributed by atoms with Crippen LogP contribution in [-0.4, -0.2) is 40.5 Å². The topological polar surface area (TPSA) is 56.5 Å². The summed E-state index contributed by atoms with van der Waals surface area (Å²) in [7, 11) is 1.87. The Labute approximate surface area is 102 Å². The van der Waals surface area contributed by atoms with Crippen LogP contribution in [0.1, 0.15) is 25.2 Å². The first-order valence-electron chi connectivity index (χ1n) is 5.99. The van der Waals surface area contributed by atoms with E-state index in [9.17, 15) is 5.11 Å². The maximum atomic E-state index is 10.1. The van der Waals surface area contributed by atoms with Crippen LogP contribution in [-0.2, 0) is 22.9 Å². The van der Waals surface area contributed by atoms with Crippen molar-refractivity contribution < 1.29 is 14.6 Å². The average Bonchev–Trinajstić information content (AvgIpc) is 2.57. The van der Waals surface area contributed by atoms with Gasteiger partial charge in [-0.2, -0.15) is 5.10 Å². The number of hydrogen-bond donors (Lipinski definition) is 1. The van der Waals surface area contributed by atoms with Crippen molar-refractivity contribution in [3.8, 4) is 0 Å². The fourth-order valence-corrected chi connectivity index (χ4v) is 1.76. The molecule has 17 heavy (non-hydrogen) atoms. The number of ether oxygens (including phenoxy) is 2. The summed E-state index contributed by atoms with van der Waals surface area (Å²) in [6.07, 6.45) is -0.771. The molecule has 1 unspecified atom stereocenters. The standard InChI is InChI=1S/C12H22N2O3/c1-5-16-12(17-6-2)11(15)8-10-7-9(3)13-14(10)4/h7,11-12,15H,5-6,8H2,1-4H3. The summed E-state index contributed by atoms with van der Waals surface area (Å²) < 4.78 is 12.5. The minimum atomic E-state index is -0.676. The smallest absolute Gasteiger partial charge is 0.183 e. The van der Waals surface area contributed by atoms with Gasteiger partial charge in [-0.05, 0) is 26.8 Å². The third kappa shape index (κ3) is 4.11. The highest BCUT2D eigenvalue weighted by molar-refractivity contribution is 5.09. The predicted octanol–water partition coefficient (Wildman–Crippen LogP) is 1.03. The van der Waals surface area contributed by atoms with E-state index in [1.165, 1.54) is 0 Å². The van der Waals surface area contributed by atoms with Crippen molar-refractivity contribution in [2.24, 2.45) is 7.05 Å². The number of aliphatic hydroxyl groups excluding tert-OH is 1. The van der Waals surface area contributed by atoms with Crippen LogP contribution in [0.4, 0.5) is 0 Å². The molecule has 0 spiro atoms. The van der Waals surface area contributed by atoms with E-state index in [1.807, 2.05) is 33.9 Å². The van der Waals surface area contributed by atoms with Gasteiger partial charge in [0.2, 0.25) is 0 Å². The SMILES string of the molecule is CCOC(OCC)C(O)Cc1cc(C)nn1C. The molecule has 1 N–H and O–H groups in total. The number of aryl methyl sites for hydroxylation is 2. The van der Waals surface area contributed by atoms with Gasteiger partial charge in [0.15, 0.2) is 6.29 Å². The summed E-state index contributed by atoms with van der Waals surface area (Å²) >= 11 is 0. The molecule has 0 amide bonds. The van der Waals surface area contributed by atoms with Crippen molar-refractivity contribution in [1.29, 1.82) is 0 Å². The van der Waals surface area contributed by atoms with Gasteiger partial charge in [-0.25, -0.2) is 0 Å². The summed E-state index contributed by atoms with van der Waals surface area (Å²) in [5.74, 6) is 0. The van der Waals surface area contributed by atoms with Crippen LogP contribution in [0, 0.1) is 6.92 Å². The van der Waals surface area contributed by atoms with Gasteiger partial charge >= 0.3 is 0 Å². The first-order valence-corrected chi connectivity index (χ1v) is 5.99. The van der Waals surface area contributed by atoms with E-state index < -0.39 is 12.4 Å². The van der Waals surface area contributed by atoms with Crippen molar-refractivity contribution in [2.75, 3.05) is 13.2 Å². The van der Waals surface area contributed by atoms with E-state index in [0.29, 0.717) is 19.6 Å². The molecule has 0 bridgehead atoms. The molecular formula is C12H22N2O3. The van der Waals surface area contributed by atoms with Crippen LogP contribution in [0.25, 0.3) is 0 Å². The Hall–Kier alpha value is -0.910. The largest absolute Gasteiger partial charge is 0.387 e. The number of aromatic nitrogens is 2. The molecule has 0 aliphatic heterocycles. The van der Waals surface area contributed by atoms with Crippen LogP contribution in [0.3, 0.4) is 0 Å². The van der Waals surface area contributed by atoms with Gasteiger partial charge in [-0.3, -0.25) is 4.68 Å². The fraction of sp³-hybridized carbons (Fsp3) is 0.750. The van der Waals surface area contributed by atoms with Gasteiger partial charge in [0, 0.05) is 32.4 Å². The molecule has 0 saturated heterocycles. The molecule has 5 nitrogen and oxygen atoms in total. The second-order valence-electron chi connectivity index (χ2n) is 3.95. The third-order valence-corrected chi connectivity index (χ3v) is 2.49. The number of nitrogens with zero attached hydrogens (tertiary/aromatic N) is 2. The Morgan fingerprint density at radius 3 is 2.35 bits per heavy atom. The number of aliphatic hydroxyl groups is 1. The first-order chi connectivity index (χ1) is 8.08. The molecule has 0 saturated carbocycles. The first kappa shape index (κ1) is 14.2. The highest BCUT2D eigenvalue weighted by atomic mass is 16.7. The van der Waals surface area contributed by atoms with Crippen LogP contribution >= 0.6 is 0 Å². The van der Waals surface area contributed by atoms with Crippen molar-refractivity contribution in [3.63, 3.8) is 0 Å². The summed E-state index contributed by atoms with van der Waals surface area (Å²) in [6.45, 7) is 6.73. The van der Waals surface area contributed by atoms with E-state index in [2.05, 4.69) is 5.10 Å². The van der Waals surface area contributed by atoms with Crippen molar-refractivity contribution >= 4 is 0 Å². The molecule has 1 atom stereocenters. The Balaban J connectivity index is 2.62. The minimum Gasteiger partial charge on any atom is -0.387 e. The minimum absolute atomic E-state index is 0.474. The predicted molar refractivity (Wildman–Crippen MR) is 64.7 cm³/mol. The van der Waals surface area contributed by atoms with E-state index in [4.69, 9.17) is 9.47 Å². The molecule has 1 aromatic heterocycles. The normalized spacial score (nSPS) is 13.3. The van der Waals surface area contributed by atoms with Gasteiger partial charge < -0.3 is 14.6 Å². The maximum absolute atomic E-state index is 10.1. The molecule has 1 aromatic rings. The van der Waals surface area contributed by atoms with Crippen LogP contribution in [0.5, 0.6) is 0 Å². The quantitative estimate of drug-likeness (QED) is 0.726. The van der Waals surface area contributed by atoms with E-state index >= 15 is 0 Å². The lowest BCUT2D eigenvalue weighted by atomic mass is 10.2. The second-order valence-corrected chi connectivity index (χ2v) is 3.95. The van der Waals surface area contributed by atoms with Gasteiger partial charge in [-0.1, -0.05) is 0 Å². The summed E-state index contributed by atoms with van der Waals surface area (Å²) in [5, 5.41) is 14.3. The van der Waals surface area contributed by atoms with Crippen molar-refractivity contribution in [3.05, 3.63) is 17.5 Å². The summed E-state index contributed by atoms with van der Waals surface area (Å²) in [5.41, 5.74) is 1.92. The van der Waals surface area contributed by atoms with E-state index in [1.54, 1.807) is 4.68 Å². The van der Waals surface area contributed by atoms with E-state index in [-0.39, 0.29) is 0 Å². The lowest BCUT2D eigenvalue weighted by Crippen LogP contribution is -2.34. The van der Waals surface area contributed by atoms with Crippen molar-refractivity contribution in [2.45, 2.75) is 39.6 Å². The Kier molecular flexibility index (Phi) is 5.61. The second kappa shape index (κ2) is 6.74. The zero-order valence-electron chi connectivity index (χ0n) is 11.0. The molecule has 98 valence electrons. The van der Waals surface area contributed by atoms with Crippen molar-refractivity contribution in [1.82, 2.24) is 9.78 Å². The zero-order valence-corrected chi connectivity index (χ0v) is 11.0. The fourth-order valence-electron chi connectivity index (χ4n) is 1.76. The monoisotopic (exact) mass is 242 g/mol. The summed E-state index contributed by atoms with van der Waals surface area (Å²) in [6, 6.07) is 1.96. The molecule has 5 heteroatoms. The molecule has 1 rings (SSSR count). The lowest BCUT2D eigenvalue weighted by molar-refractivity contribution is -0.189. The van der Waals surface area contributed by atoms with Crippen LogP contribution in [0.2, 0.25) is 0 Å². The van der Waals surface area contributed by atoms with Gasteiger partial charge in [-0.15, -0.1) is 0 Å². The average molecular weight is 242 g/mol. The van der Waals surface area contributed by atoms with Crippen LogP contribution < -0.4 is 0 Å². The Bertz CT molecular complexity index is 332. The Morgan fingerprint density at radius 1 is 1.35 bits per heavy atom. The summed E-state index contributed by atoms with van der Waals surface area (Å²) in [4.78, 5) is 0. The molecule has 0 aliphatic rings. The highest BCUT2D eigenvalue weighted by Crippen LogP contribution is 2.10. The van der Waals surface area contributed by atoms with Gasteiger partial charge in [0.1, 0.15) is 6.10 Å². The van der Waals surface area contributed by atoms with Gasteiger partial charge in [0.25, 0.3) is 0 Å². The Morgan fingerprint density at radius 2 is 1.94 bits per heavy atom. The maximum Gasteiger partial charge on any atom is 0.183 e.